The highest BCUT2D eigenvalue weighted by atomic mass is 19.3. The normalized spacial score (nSPS) is 20.6. The van der Waals surface area contributed by atoms with Gasteiger partial charge in [-0.1, -0.05) is 27.7 Å². The number of carboxylic acid groups (broad SMARTS) is 1. The molecule has 1 saturated heterocycles. The zero-order valence-corrected chi connectivity index (χ0v) is 18.9. The number of alkyl halides is 2. The molecule has 184 valence electrons. The molecule has 1 fully saturated rings. The van der Waals surface area contributed by atoms with Crippen molar-refractivity contribution >= 4 is 23.7 Å². The number of hydrogen-bond acceptors (Lipinski definition) is 6. The number of carbonyl (C=O) groups excluding carboxylic acids is 3. The van der Waals surface area contributed by atoms with Gasteiger partial charge in [-0.25, -0.2) is 4.79 Å². The van der Waals surface area contributed by atoms with Crippen LogP contribution in [0.25, 0.3) is 0 Å². The second kappa shape index (κ2) is 12.0. The third-order valence-corrected chi connectivity index (χ3v) is 4.78. The first-order valence-electron chi connectivity index (χ1n) is 10.4. The van der Waals surface area contributed by atoms with Crippen LogP contribution < -0.4 is 16.0 Å². The zero-order valence-electron chi connectivity index (χ0n) is 18.9. The fraction of sp³-hybridized carbons (Fsp3) is 0.800. The average molecular weight is 465 g/mol. The summed E-state index contributed by atoms with van der Waals surface area (Å²) in [5.41, 5.74) is -1.02. The zero-order chi connectivity index (χ0) is 24.6. The number of Topliss-reactive ketones (excluding diaryl/α,β-unsaturated/α-hetero) is 1. The van der Waals surface area contributed by atoms with E-state index in [9.17, 15) is 28.0 Å². The molecule has 1 heterocycles. The molecule has 0 spiro atoms. The Morgan fingerprint density at radius 2 is 1.41 bits per heavy atom. The van der Waals surface area contributed by atoms with Gasteiger partial charge in [-0.05, 0) is 31.6 Å². The number of ether oxygens (including phenoxy) is 2. The summed E-state index contributed by atoms with van der Waals surface area (Å²) in [6, 6.07) is -3.73. The molecule has 0 aliphatic carbocycles. The summed E-state index contributed by atoms with van der Waals surface area (Å²) in [5, 5.41) is 15.8. The smallest absolute Gasteiger partial charge is 0.405 e. The molecule has 0 aromatic rings. The Kier molecular flexibility index (Phi) is 10.4. The highest BCUT2D eigenvalue weighted by molar-refractivity contribution is 5.98. The lowest BCUT2D eigenvalue weighted by molar-refractivity contribution is -0.148. The summed E-state index contributed by atoms with van der Waals surface area (Å²) in [4.78, 5) is 49.1. The van der Waals surface area contributed by atoms with Crippen LogP contribution in [0.15, 0.2) is 0 Å². The maximum absolute atomic E-state index is 12.8. The first kappa shape index (κ1) is 27.7. The Morgan fingerprint density at radius 1 is 0.938 bits per heavy atom. The number of halogens is 2. The van der Waals surface area contributed by atoms with Crippen LogP contribution in [-0.2, 0) is 23.9 Å². The summed E-state index contributed by atoms with van der Waals surface area (Å²) in [6.45, 7) is 4.94. The van der Waals surface area contributed by atoms with Gasteiger partial charge >= 0.3 is 12.7 Å². The summed E-state index contributed by atoms with van der Waals surface area (Å²) in [6.07, 6.45) is -1.06. The van der Waals surface area contributed by atoms with Gasteiger partial charge < -0.3 is 30.5 Å². The number of amides is 3. The van der Waals surface area contributed by atoms with Crippen LogP contribution in [0, 0.1) is 11.8 Å². The lowest BCUT2D eigenvalue weighted by Crippen LogP contribution is -2.58. The van der Waals surface area contributed by atoms with Crippen LogP contribution in [0.1, 0.15) is 47.5 Å². The molecule has 4 atom stereocenters. The summed E-state index contributed by atoms with van der Waals surface area (Å²) in [5.74, 6) is -2.18. The van der Waals surface area contributed by atoms with Crippen LogP contribution in [-0.4, -0.2) is 72.3 Å². The van der Waals surface area contributed by atoms with Crippen molar-refractivity contribution in [2.75, 3.05) is 13.2 Å². The van der Waals surface area contributed by atoms with Crippen LogP contribution >= 0.6 is 0 Å². The minimum absolute atomic E-state index is 0.0205. The van der Waals surface area contributed by atoms with Crippen LogP contribution in [0.3, 0.4) is 0 Å². The number of nitrogens with one attached hydrogen (secondary N) is 3. The number of epoxide rings is 1. The third kappa shape index (κ3) is 9.43. The van der Waals surface area contributed by atoms with E-state index in [1.54, 1.807) is 20.8 Å². The molecular weight excluding hydrogens is 432 g/mol. The Hall–Kier alpha value is -2.34. The third-order valence-electron chi connectivity index (χ3n) is 4.78. The molecule has 1 rings (SSSR count). The Labute approximate surface area is 185 Å². The lowest BCUT2D eigenvalue weighted by atomic mass is 9.93. The molecule has 12 heteroatoms. The topological polar surface area (TPSA) is 146 Å². The minimum Gasteiger partial charge on any atom is -0.465 e. The van der Waals surface area contributed by atoms with E-state index in [2.05, 4.69) is 15.4 Å². The molecule has 32 heavy (non-hydrogen) atoms. The van der Waals surface area contributed by atoms with E-state index in [0.29, 0.717) is 0 Å². The van der Waals surface area contributed by atoms with Crippen molar-refractivity contribution in [3.63, 3.8) is 0 Å². The predicted octanol–water partition coefficient (Wildman–Crippen LogP) is 1.28. The fourth-order valence-corrected chi connectivity index (χ4v) is 3.07. The molecule has 1 aliphatic rings. The molecule has 0 saturated carbocycles. The molecule has 3 amide bonds. The van der Waals surface area contributed by atoms with Crippen molar-refractivity contribution < 1.29 is 42.5 Å². The van der Waals surface area contributed by atoms with Gasteiger partial charge in [0.05, 0.1) is 19.3 Å². The predicted molar refractivity (Wildman–Crippen MR) is 109 cm³/mol. The quantitative estimate of drug-likeness (QED) is 0.283. The Bertz CT molecular complexity index is 684. The summed E-state index contributed by atoms with van der Waals surface area (Å²) >= 11 is 0. The summed E-state index contributed by atoms with van der Waals surface area (Å²) in [7, 11) is 0. The number of ketones is 1. The Morgan fingerprint density at radius 3 is 1.84 bits per heavy atom. The molecule has 1 aliphatic heterocycles. The van der Waals surface area contributed by atoms with Gasteiger partial charge in [-0.15, -0.1) is 0 Å². The molecule has 0 radical (unpaired) electrons. The lowest BCUT2D eigenvalue weighted by Gasteiger charge is -2.26. The molecule has 0 unspecified atom stereocenters. The van der Waals surface area contributed by atoms with E-state index in [4.69, 9.17) is 9.84 Å². The van der Waals surface area contributed by atoms with Crippen molar-refractivity contribution in [1.82, 2.24) is 16.0 Å². The van der Waals surface area contributed by atoms with E-state index >= 15 is 0 Å². The van der Waals surface area contributed by atoms with Gasteiger partial charge in [0.15, 0.2) is 5.78 Å². The fourth-order valence-electron chi connectivity index (χ4n) is 3.07. The first-order chi connectivity index (χ1) is 14.7. The van der Waals surface area contributed by atoms with Crippen molar-refractivity contribution in [3.05, 3.63) is 0 Å². The highest BCUT2D eigenvalue weighted by Crippen LogP contribution is 2.29. The standard InChI is InChI=1S/C20H33F2N3O7/c1-10(2)6-12(15(26)20(5)9-32-20)23-17(28)14(8-31-18(21)22)24-16(27)13(7-11(3)4)25-19(29)30/h10-14,18,25H,6-9H2,1-5H3,(H,23,28)(H,24,27)(H,29,30)/t12-,13-,14-,20+/m0/s1. The van der Waals surface area contributed by atoms with Crippen LogP contribution in [0.4, 0.5) is 13.6 Å². The van der Waals surface area contributed by atoms with E-state index < -0.39 is 54.9 Å². The second-order valence-corrected chi connectivity index (χ2v) is 8.86. The molecule has 0 aromatic carbocycles. The first-order valence-corrected chi connectivity index (χ1v) is 10.4. The molecule has 10 nitrogen and oxygen atoms in total. The minimum atomic E-state index is -3.20. The maximum Gasteiger partial charge on any atom is 0.405 e. The van der Waals surface area contributed by atoms with E-state index in [-0.39, 0.29) is 37.1 Å². The molecule has 0 bridgehead atoms. The van der Waals surface area contributed by atoms with Gasteiger partial charge in [-0.3, -0.25) is 14.4 Å². The number of hydrogen-bond donors (Lipinski definition) is 4. The van der Waals surface area contributed by atoms with Gasteiger partial charge in [0.1, 0.15) is 17.7 Å². The van der Waals surface area contributed by atoms with E-state index in [1.807, 2.05) is 19.2 Å². The van der Waals surface area contributed by atoms with Crippen molar-refractivity contribution in [3.8, 4) is 0 Å². The molecule has 4 N–H and O–H groups in total. The molecular formula is C20H33F2N3O7. The monoisotopic (exact) mass is 465 g/mol. The average Bonchev–Trinajstić information content (AvgIpc) is 3.40. The van der Waals surface area contributed by atoms with Crippen molar-refractivity contribution in [2.45, 2.75) is 77.8 Å². The second-order valence-electron chi connectivity index (χ2n) is 8.86. The van der Waals surface area contributed by atoms with Crippen LogP contribution in [0.5, 0.6) is 0 Å². The maximum atomic E-state index is 12.8. The number of carbonyl (C=O) groups is 4. The van der Waals surface area contributed by atoms with E-state index in [0.717, 1.165) is 0 Å². The van der Waals surface area contributed by atoms with Gasteiger partial charge in [0.25, 0.3) is 0 Å². The van der Waals surface area contributed by atoms with Gasteiger partial charge in [0.2, 0.25) is 11.8 Å². The molecule has 0 aromatic heterocycles. The van der Waals surface area contributed by atoms with Gasteiger partial charge in [-0.2, -0.15) is 8.78 Å². The van der Waals surface area contributed by atoms with Crippen LogP contribution in [0.2, 0.25) is 0 Å². The summed E-state index contributed by atoms with van der Waals surface area (Å²) < 4.78 is 34.6. The van der Waals surface area contributed by atoms with Crippen molar-refractivity contribution in [1.29, 1.82) is 0 Å². The highest BCUT2D eigenvalue weighted by Gasteiger charge is 2.50. The van der Waals surface area contributed by atoms with Crippen molar-refractivity contribution in [2.24, 2.45) is 11.8 Å². The van der Waals surface area contributed by atoms with Gasteiger partial charge in [0, 0.05) is 0 Å². The number of rotatable bonds is 14. The largest absolute Gasteiger partial charge is 0.465 e. The van der Waals surface area contributed by atoms with E-state index in [1.165, 1.54) is 0 Å². The SMILES string of the molecule is CC(C)C[C@H](NC(=O)O)C(=O)N[C@@H](COC(F)F)C(=O)N[C@@H](CC(C)C)C(=O)[C@@]1(C)CO1. The Balaban J connectivity index is 2.98.